The van der Waals surface area contributed by atoms with Crippen LogP contribution >= 0.6 is 11.6 Å². The summed E-state index contributed by atoms with van der Waals surface area (Å²) in [5, 5.41) is 2.35. The second kappa shape index (κ2) is 8.16. The normalized spacial score (nSPS) is 11.7. The SMILES string of the molecule is CS(=O)(=O)c1nc(NCc2cccnc2)c2ncn(Cc3c(F)ccc(Cl)c3F)c2n1. The molecule has 0 radical (unpaired) electrons. The summed E-state index contributed by atoms with van der Waals surface area (Å²) in [5.74, 6) is -1.54. The number of hydrogen-bond donors (Lipinski definition) is 1. The smallest absolute Gasteiger partial charge is 0.250 e. The highest BCUT2D eigenvalue weighted by Crippen LogP contribution is 2.25. The van der Waals surface area contributed by atoms with E-state index in [2.05, 4.69) is 25.3 Å². The number of sulfone groups is 1. The molecule has 0 atom stereocenters. The number of benzene rings is 1. The van der Waals surface area contributed by atoms with E-state index in [0.717, 1.165) is 24.0 Å². The standard InChI is InChI=1S/C19H15ClF2N6O2S/c1-31(29,30)19-26-17(24-8-11-3-2-6-23-7-11)16-18(27-19)28(10-25-16)9-12-14(21)5-4-13(20)15(12)22/h2-7,10H,8-9H2,1H3,(H,24,26,27). The number of nitrogens with zero attached hydrogens (tertiary/aromatic N) is 5. The Labute approximate surface area is 180 Å². The third-order valence-electron chi connectivity index (χ3n) is 4.43. The number of anilines is 1. The number of aromatic nitrogens is 5. The highest BCUT2D eigenvalue weighted by Gasteiger charge is 2.21. The molecule has 0 spiro atoms. The van der Waals surface area contributed by atoms with Gasteiger partial charge in [0.15, 0.2) is 17.0 Å². The van der Waals surface area contributed by atoms with Gasteiger partial charge in [-0.05, 0) is 23.8 Å². The molecule has 1 N–H and O–H groups in total. The maximum atomic E-state index is 14.4. The Hall–Kier alpha value is -3.18. The van der Waals surface area contributed by atoms with Gasteiger partial charge >= 0.3 is 0 Å². The number of halogens is 3. The largest absolute Gasteiger partial charge is 0.364 e. The van der Waals surface area contributed by atoms with Gasteiger partial charge in [-0.15, -0.1) is 0 Å². The molecule has 0 bridgehead atoms. The van der Waals surface area contributed by atoms with Gasteiger partial charge in [-0.1, -0.05) is 17.7 Å². The zero-order valence-electron chi connectivity index (χ0n) is 16.1. The van der Waals surface area contributed by atoms with E-state index in [1.165, 1.54) is 10.9 Å². The monoisotopic (exact) mass is 464 g/mol. The van der Waals surface area contributed by atoms with Crippen molar-refractivity contribution in [1.82, 2.24) is 24.5 Å². The Bertz CT molecular complexity index is 1380. The molecule has 12 heteroatoms. The van der Waals surface area contributed by atoms with E-state index in [4.69, 9.17) is 11.6 Å². The minimum atomic E-state index is -3.78. The van der Waals surface area contributed by atoms with E-state index >= 15 is 0 Å². The number of pyridine rings is 1. The molecule has 3 heterocycles. The first-order valence-electron chi connectivity index (χ1n) is 8.92. The lowest BCUT2D eigenvalue weighted by Crippen LogP contribution is -2.11. The fourth-order valence-electron chi connectivity index (χ4n) is 2.90. The fourth-order valence-corrected chi connectivity index (χ4v) is 3.59. The van der Waals surface area contributed by atoms with Crippen molar-refractivity contribution in [3.63, 3.8) is 0 Å². The Morgan fingerprint density at radius 2 is 2.00 bits per heavy atom. The van der Waals surface area contributed by atoms with Crippen LogP contribution in [0.3, 0.4) is 0 Å². The highest BCUT2D eigenvalue weighted by molar-refractivity contribution is 7.90. The van der Waals surface area contributed by atoms with E-state index in [1.807, 2.05) is 6.07 Å². The van der Waals surface area contributed by atoms with E-state index in [9.17, 15) is 17.2 Å². The fraction of sp³-hybridized carbons (Fsp3) is 0.158. The lowest BCUT2D eigenvalue weighted by molar-refractivity contribution is 0.546. The van der Waals surface area contributed by atoms with Gasteiger partial charge in [-0.2, -0.15) is 9.97 Å². The number of imidazole rings is 1. The number of hydrogen-bond acceptors (Lipinski definition) is 7. The minimum absolute atomic E-state index is 0.0999. The van der Waals surface area contributed by atoms with Gasteiger partial charge in [0.05, 0.1) is 17.9 Å². The van der Waals surface area contributed by atoms with Crippen molar-refractivity contribution in [1.29, 1.82) is 0 Å². The average Bonchev–Trinajstić information content (AvgIpc) is 3.15. The summed E-state index contributed by atoms with van der Waals surface area (Å²) in [6.07, 6.45) is 5.55. The van der Waals surface area contributed by atoms with Gasteiger partial charge in [0, 0.05) is 30.8 Å². The third kappa shape index (κ3) is 4.32. The summed E-state index contributed by atoms with van der Waals surface area (Å²) >= 11 is 5.77. The molecule has 8 nitrogen and oxygen atoms in total. The summed E-state index contributed by atoms with van der Waals surface area (Å²) in [7, 11) is -3.78. The molecule has 0 amide bonds. The van der Waals surface area contributed by atoms with Gasteiger partial charge < -0.3 is 9.88 Å². The molecular formula is C19H15ClF2N6O2S. The molecule has 3 aromatic heterocycles. The van der Waals surface area contributed by atoms with Gasteiger partial charge in [0.25, 0.3) is 5.16 Å². The van der Waals surface area contributed by atoms with E-state index in [1.54, 1.807) is 18.5 Å². The Kier molecular flexibility index (Phi) is 5.54. The number of rotatable bonds is 6. The van der Waals surface area contributed by atoms with Crippen molar-refractivity contribution in [2.24, 2.45) is 0 Å². The summed E-state index contributed by atoms with van der Waals surface area (Å²) in [4.78, 5) is 16.4. The first kappa shape index (κ1) is 21.1. The van der Waals surface area contributed by atoms with Crippen molar-refractivity contribution in [3.05, 3.63) is 70.8 Å². The Balaban J connectivity index is 1.79. The summed E-state index contributed by atoms with van der Waals surface area (Å²) in [6.45, 7) is 0.00452. The maximum absolute atomic E-state index is 14.4. The van der Waals surface area contributed by atoms with E-state index < -0.39 is 26.6 Å². The predicted octanol–water partition coefficient (Wildman–Crippen LogP) is 3.22. The molecule has 4 aromatic rings. The van der Waals surface area contributed by atoms with Crippen LogP contribution in [0.25, 0.3) is 11.2 Å². The van der Waals surface area contributed by atoms with Crippen LogP contribution in [0.1, 0.15) is 11.1 Å². The second-order valence-corrected chi connectivity index (χ2v) is 9.02. The molecule has 0 fully saturated rings. The maximum Gasteiger partial charge on any atom is 0.250 e. The molecule has 0 saturated carbocycles. The van der Waals surface area contributed by atoms with Crippen molar-refractivity contribution < 1.29 is 17.2 Å². The molecule has 4 rings (SSSR count). The molecule has 160 valence electrons. The van der Waals surface area contributed by atoms with Crippen molar-refractivity contribution in [3.8, 4) is 0 Å². The van der Waals surface area contributed by atoms with Crippen LogP contribution in [0, 0.1) is 11.6 Å². The summed E-state index contributed by atoms with van der Waals surface area (Å²) in [5.41, 5.74) is 0.885. The van der Waals surface area contributed by atoms with Crippen LogP contribution in [-0.4, -0.2) is 39.2 Å². The molecule has 0 aliphatic heterocycles. The predicted molar refractivity (Wildman–Crippen MR) is 110 cm³/mol. The topological polar surface area (TPSA) is 103 Å². The molecule has 31 heavy (non-hydrogen) atoms. The summed E-state index contributed by atoms with van der Waals surface area (Å²) < 4.78 is 54.1. The van der Waals surface area contributed by atoms with Gasteiger partial charge in [-0.25, -0.2) is 22.2 Å². The first-order chi connectivity index (χ1) is 14.7. The van der Waals surface area contributed by atoms with Gasteiger partial charge in [0.2, 0.25) is 9.84 Å². The molecule has 0 aliphatic rings. The highest BCUT2D eigenvalue weighted by atomic mass is 35.5. The van der Waals surface area contributed by atoms with E-state index in [0.29, 0.717) is 6.54 Å². The third-order valence-corrected chi connectivity index (χ3v) is 5.56. The number of fused-ring (bicyclic) bond motifs is 1. The van der Waals surface area contributed by atoms with Crippen molar-refractivity contribution in [2.75, 3.05) is 11.6 Å². The number of nitrogens with one attached hydrogen (secondary N) is 1. The Morgan fingerprint density at radius 1 is 1.19 bits per heavy atom. The summed E-state index contributed by atoms with van der Waals surface area (Å²) in [6, 6.07) is 5.76. The molecule has 0 aliphatic carbocycles. The molecule has 1 aromatic carbocycles. The van der Waals surface area contributed by atoms with Crippen LogP contribution in [0.4, 0.5) is 14.6 Å². The lowest BCUT2D eigenvalue weighted by Gasteiger charge is -2.10. The molecular weight excluding hydrogens is 450 g/mol. The van der Waals surface area contributed by atoms with Gasteiger partial charge in [0.1, 0.15) is 11.6 Å². The van der Waals surface area contributed by atoms with Crippen LogP contribution in [0.2, 0.25) is 5.02 Å². The van der Waals surface area contributed by atoms with Crippen LogP contribution in [0.15, 0.2) is 48.1 Å². The van der Waals surface area contributed by atoms with Crippen LogP contribution in [-0.2, 0) is 22.9 Å². The molecule has 0 saturated heterocycles. The lowest BCUT2D eigenvalue weighted by atomic mass is 10.2. The minimum Gasteiger partial charge on any atom is -0.364 e. The average molecular weight is 465 g/mol. The second-order valence-electron chi connectivity index (χ2n) is 6.71. The van der Waals surface area contributed by atoms with Crippen molar-refractivity contribution in [2.45, 2.75) is 18.2 Å². The Morgan fingerprint density at radius 3 is 2.71 bits per heavy atom. The quantitative estimate of drug-likeness (QED) is 0.345. The van der Waals surface area contributed by atoms with Gasteiger partial charge in [-0.3, -0.25) is 4.98 Å². The van der Waals surface area contributed by atoms with Crippen LogP contribution < -0.4 is 5.32 Å². The van der Waals surface area contributed by atoms with E-state index in [-0.39, 0.29) is 34.1 Å². The molecule has 0 unspecified atom stereocenters. The van der Waals surface area contributed by atoms with Crippen molar-refractivity contribution >= 4 is 38.4 Å². The van der Waals surface area contributed by atoms with Crippen LogP contribution in [0.5, 0.6) is 0 Å². The first-order valence-corrected chi connectivity index (χ1v) is 11.2. The zero-order valence-corrected chi connectivity index (χ0v) is 17.6. The zero-order chi connectivity index (χ0) is 22.2.